The van der Waals surface area contributed by atoms with Gasteiger partial charge in [-0.1, -0.05) is 78.2 Å². The predicted molar refractivity (Wildman–Crippen MR) is 104 cm³/mol. The fourth-order valence-corrected chi connectivity index (χ4v) is 10.7. The van der Waals surface area contributed by atoms with Crippen LogP contribution in [0.3, 0.4) is 0 Å². The van der Waals surface area contributed by atoms with Gasteiger partial charge < -0.3 is 0 Å². The van der Waals surface area contributed by atoms with E-state index in [4.69, 9.17) is 0 Å². The standard InChI is InChI=1S/C14H32P2.2BH3/c1-12(2,3)15(10)11-16(13(4,5)6)14(7,8)9;;/h11H2,1-10H3;2*1H3. The zero-order valence-corrected chi connectivity index (χ0v) is 14.9. The zero-order chi connectivity index (χ0) is 13.4. The normalized spacial score (nSPS) is 14.8. The Hall–Kier alpha value is 0.990. The lowest BCUT2D eigenvalue weighted by atomic mass is 10.2. The maximum absolute atomic E-state index is 2.49. The minimum atomic E-state index is 0. The Balaban J connectivity index is -0.00000112. The maximum Gasteiger partial charge on any atom is 0.0814 e. The van der Waals surface area contributed by atoms with Gasteiger partial charge in [-0.3, -0.25) is 0 Å². The maximum atomic E-state index is 2.49. The molecule has 18 heavy (non-hydrogen) atoms. The summed E-state index contributed by atoms with van der Waals surface area (Å²) in [6.45, 7) is 24.2. The van der Waals surface area contributed by atoms with E-state index >= 15 is 0 Å². The molecule has 0 amide bonds. The third kappa shape index (κ3) is 8.22. The van der Waals surface area contributed by atoms with E-state index in [9.17, 15) is 0 Å². The van der Waals surface area contributed by atoms with Gasteiger partial charge in [0.15, 0.2) is 0 Å². The van der Waals surface area contributed by atoms with Gasteiger partial charge in [-0.25, -0.2) is 0 Å². The molecule has 1 unspecified atom stereocenters. The number of hydrogen-bond acceptors (Lipinski definition) is 0. The highest BCUT2D eigenvalue weighted by Gasteiger charge is 2.36. The first-order valence-electron chi connectivity index (χ1n) is 6.25. The molecule has 0 fully saturated rings. The first kappa shape index (κ1) is 24.0. The van der Waals surface area contributed by atoms with Crippen molar-refractivity contribution in [2.75, 3.05) is 12.6 Å². The average Bonchev–Trinajstić information content (AvgIpc) is 1.92. The molecule has 0 aromatic rings. The summed E-state index contributed by atoms with van der Waals surface area (Å²) in [6.07, 6.45) is 0. The van der Waals surface area contributed by atoms with Crippen LogP contribution in [0.15, 0.2) is 0 Å². The third-order valence-corrected chi connectivity index (χ3v) is 11.5. The van der Waals surface area contributed by atoms with Crippen molar-refractivity contribution in [3.63, 3.8) is 0 Å². The molecule has 0 saturated carbocycles. The zero-order valence-electron chi connectivity index (χ0n) is 13.1. The second-order valence-electron chi connectivity index (χ2n) is 7.78. The van der Waals surface area contributed by atoms with E-state index in [0.29, 0.717) is 15.5 Å². The second kappa shape index (κ2) is 7.69. The Morgan fingerprint density at radius 1 is 0.611 bits per heavy atom. The molecule has 0 aromatic heterocycles. The first-order valence-corrected chi connectivity index (χ1v) is 9.75. The Bertz CT molecular complexity index is 207. The molecule has 110 valence electrons. The van der Waals surface area contributed by atoms with Crippen molar-refractivity contribution < 1.29 is 0 Å². The van der Waals surface area contributed by atoms with Gasteiger partial charge in [0.2, 0.25) is 0 Å². The van der Waals surface area contributed by atoms with Gasteiger partial charge in [0, 0.05) is 0 Å². The lowest BCUT2D eigenvalue weighted by Crippen LogP contribution is -2.27. The van der Waals surface area contributed by atoms with Gasteiger partial charge >= 0.3 is 0 Å². The predicted octanol–water partition coefficient (Wildman–Crippen LogP) is 3.57. The number of rotatable bonds is 2. The molecule has 0 bridgehead atoms. The molecular formula is C14H38B2P2. The van der Waals surface area contributed by atoms with Crippen LogP contribution in [0.25, 0.3) is 0 Å². The van der Waals surface area contributed by atoms with Crippen LogP contribution in [-0.4, -0.2) is 44.9 Å². The van der Waals surface area contributed by atoms with E-state index < -0.39 is 0 Å². The van der Waals surface area contributed by atoms with E-state index in [1.54, 1.807) is 0 Å². The van der Waals surface area contributed by atoms with Crippen molar-refractivity contribution in [1.29, 1.82) is 0 Å². The third-order valence-electron chi connectivity index (χ3n) is 3.12. The summed E-state index contributed by atoms with van der Waals surface area (Å²) < 4.78 is 0. The molecule has 0 aromatic carbocycles. The molecule has 1 atom stereocenters. The molecule has 0 spiro atoms. The number of hydrogen-bond donors (Lipinski definition) is 0. The van der Waals surface area contributed by atoms with E-state index in [1.165, 1.54) is 5.90 Å². The van der Waals surface area contributed by atoms with Gasteiger partial charge in [-0.05, 0) is 28.0 Å². The van der Waals surface area contributed by atoms with E-state index in [1.807, 2.05) is 0 Å². The summed E-state index contributed by atoms with van der Waals surface area (Å²) in [5, 5.41) is 1.47. The Labute approximate surface area is 123 Å². The van der Waals surface area contributed by atoms with E-state index in [-0.39, 0.29) is 32.7 Å². The molecule has 0 aliphatic heterocycles. The molecule has 0 saturated heterocycles. The highest BCUT2D eigenvalue weighted by atomic mass is 31.2. The summed E-state index contributed by atoms with van der Waals surface area (Å²) in [5.41, 5.74) is 0. The van der Waals surface area contributed by atoms with Crippen molar-refractivity contribution in [3.05, 3.63) is 0 Å². The van der Waals surface area contributed by atoms with Crippen molar-refractivity contribution in [2.24, 2.45) is 0 Å². The smallest absolute Gasteiger partial charge is 0.0814 e. The fourth-order valence-electron chi connectivity index (χ4n) is 1.85. The van der Waals surface area contributed by atoms with Crippen molar-refractivity contribution >= 4 is 32.7 Å². The van der Waals surface area contributed by atoms with Crippen LogP contribution in [0.2, 0.25) is 0 Å². The lowest BCUT2D eigenvalue weighted by molar-refractivity contribution is 0.708. The summed E-state index contributed by atoms with van der Waals surface area (Å²) in [4.78, 5) is 0. The van der Waals surface area contributed by atoms with Crippen molar-refractivity contribution in [3.8, 4) is 0 Å². The molecule has 0 radical (unpaired) electrons. The largest absolute Gasteiger partial charge is 0.0999 e. The summed E-state index contributed by atoms with van der Waals surface area (Å²) in [5.74, 6) is 1.46. The van der Waals surface area contributed by atoms with Gasteiger partial charge in [-0.2, -0.15) is 0 Å². The highest BCUT2D eigenvalue weighted by molar-refractivity contribution is 7.76. The van der Waals surface area contributed by atoms with Crippen LogP contribution in [0, 0.1) is 0 Å². The highest BCUT2D eigenvalue weighted by Crippen LogP contribution is 2.66. The lowest BCUT2D eigenvalue weighted by Gasteiger charge is -2.45. The van der Waals surface area contributed by atoms with Crippen LogP contribution in [0.4, 0.5) is 0 Å². The molecule has 0 nitrogen and oxygen atoms in total. The Morgan fingerprint density at radius 3 is 1.06 bits per heavy atom. The van der Waals surface area contributed by atoms with Crippen LogP contribution >= 0.6 is 15.8 Å². The molecular weight excluding hydrogens is 252 g/mol. The quantitative estimate of drug-likeness (QED) is 0.539. The van der Waals surface area contributed by atoms with Crippen LogP contribution in [0.5, 0.6) is 0 Å². The molecule has 0 heterocycles. The summed E-state index contributed by atoms with van der Waals surface area (Å²) in [6, 6.07) is 0. The minimum absolute atomic E-state index is 0. The second-order valence-corrected chi connectivity index (χ2v) is 15.2. The summed E-state index contributed by atoms with van der Waals surface area (Å²) in [7, 11) is 0.222. The first-order chi connectivity index (χ1) is 6.76. The Morgan fingerprint density at radius 2 is 0.889 bits per heavy atom. The summed E-state index contributed by atoms with van der Waals surface area (Å²) >= 11 is 0. The van der Waals surface area contributed by atoms with Gasteiger partial charge in [0.05, 0.1) is 16.8 Å². The monoisotopic (exact) mass is 290 g/mol. The average molecular weight is 290 g/mol. The molecule has 0 rings (SSSR count). The van der Waals surface area contributed by atoms with Crippen molar-refractivity contribution in [2.45, 2.75) is 77.8 Å². The fraction of sp³-hybridized carbons (Fsp3) is 1.00. The van der Waals surface area contributed by atoms with Gasteiger partial charge in [0.25, 0.3) is 0 Å². The molecule has 0 aliphatic rings. The van der Waals surface area contributed by atoms with Crippen LogP contribution < -0.4 is 0 Å². The van der Waals surface area contributed by atoms with E-state index in [2.05, 4.69) is 69.0 Å². The van der Waals surface area contributed by atoms with Crippen molar-refractivity contribution in [1.82, 2.24) is 0 Å². The van der Waals surface area contributed by atoms with Gasteiger partial charge in [-0.15, -0.1) is 0 Å². The van der Waals surface area contributed by atoms with Gasteiger partial charge in [0.1, 0.15) is 0 Å². The van der Waals surface area contributed by atoms with E-state index in [0.717, 1.165) is 0 Å². The molecule has 0 N–H and O–H groups in total. The molecule has 0 aliphatic carbocycles. The molecule has 4 heteroatoms. The topological polar surface area (TPSA) is 0 Å². The van der Waals surface area contributed by atoms with Crippen LogP contribution in [0.1, 0.15) is 62.3 Å². The Kier molecular flexibility index (Phi) is 10.3. The SMILES string of the molecule is B.B.CP(CP(C(C)(C)C)C(C)(C)C)C(C)(C)C. The minimum Gasteiger partial charge on any atom is -0.0999 e. The van der Waals surface area contributed by atoms with Crippen LogP contribution in [-0.2, 0) is 0 Å².